The van der Waals surface area contributed by atoms with Crippen LogP contribution in [0, 0.1) is 5.41 Å². The number of anilines is 1. The maximum absolute atomic E-state index is 9.49. The summed E-state index contributed by atoms with van der Waals surface area (Å²) in [7, 11) is 0. The summed E-state index contributed by atoms with van der Waals surface area (Å²) in [5.74, 6) is 0. The fraction of sp³-hybridized carbons (Fsp3) is 0.842. The van der Waals surface area contributed by atoms with Crippen molar-refractivity contribution in [2.75, 3.05) is 64.0 Å². The molecule has 3 rings (SSSR count). The van der Waals surface area contributed by atoms with Crippen LogP contribution in [0.3, 0.4) is 0 Å². The van der Waals surface area contributed by atoms with Crippen LogP contribution in [0.4, 0.5) is 5.13 Å². The van der Waals surface area contributed by atoms with E-state index in [1.165, 1.54) is 4.88 Å². The summed E-state index contributed by atoms with van der Waals surface area (Å²) >= 11 is 1.81. The van der Waals surface area contributed by atoms with Crippen LogP contribution in [-0.2, 0) is 11.3 Å². The lowest BCUT2D eigenvalue weighted by molar-refractivity contribution is 0.0343. The molecule has 2 aliphatic rings. The number of aliphatic hydroxyl groups excluding tert-OH is 1. The van der Waals surface area contributed by atoms with Gasteiger partial charge in [-0.05, 0) is 11.8 Å². The van der Waals surface area contributed by atoms with E-state index in [1.807, 2.05) is 17.5 Å². The van der Waals surface area contributed by atoms with Gasteiger partial charge in [-0.1, -0.05) is 20.8 Å². The predicted molar refractivity (Wildman–Crippen MR) is 107 cm³/mol. The number of nitrogens with zero attached hydrogens (tertiary/aromatic N) is 4. The number of hydrogen-bond donors (Lipinski definition) is 1. The molecule has 0 aromatic carbocycles. The first-order chi connectivity index (χ1) is 12.4. The summed E-state index contributed by atoms with van der Waals surface area (Å²) in [6.45, 7) is 15.9. The average molecular weight is 383 g/mol. The zero-order valence-corrected chi connectivity index (χ0v) is 17.3. The first-order valence-corrected chi connectivity index (χ1v) is 10.6. The molecule has 0 bridgehead atoms. The molecule has 0 saturated carbocycles. The second-order valence-electron chi connectivity index (χ2n) is 8.64. The molecule has 26 heavy (non-hydrogen) atoms. The number of aliphatic hydroxyl groups is 1. The van der Waals surface area contributed by atoms with Crippen molar-refractivity contribution < 1.29 is 9.84 Å². The largest absolute Gasteiger partial charge is 0.396 e. The minimum atomic E-state index is 0.265. The van der Waals surface area contributed by atoms with E-state index in [9.17, 15) is 5.11 Å². The Morgan fingerprint density at radius 2 is 2.00 bits per heavy atom. The first kappa shape index (κ1) is 20.0. The van der Waals surface area contributed by atoms with E-state index in [0.29, 0.717) is 11.5 Å². The highest BCUT2D eigenvalue weighted by Gasteiger charge is 2.29. The molecule has 1 atom stereocenters. The molecule has 7 heteroatoms. The second-order valence-corrected chi connectivity index (χ2v) is 9.73. The average Bonchev–Trinajstić information content (AvgIpc) is 3.06. The molecular weight excluding hydrogens is 348 g/mol. The van der Waals surface area contributed by atoms with Gasteiger partial charge >= 0.3 is 0 Å². The van der Waals surface area contributed by atoms with Crippen LogP contribution in [0.25, 0.3) is 0 Å². The Balaban J connectivity index is 1.56. The maximum Gasteiger partial charge on any atom is 0.185 e. The third-order valence-electron chi connectivity index (χ3n) is 5.03. The highest BCUT2D eigenvalue weighted by Crippen LogP contribution is 2.26. The molecule has 2 fully saturated rings. The summed E-state index contributed by atoms with van der Waals surface area (Å²) in [4.78, 5) is 13.4. The van der Waals surface area contributed by atoms with Gasteiger partial charge in [0.2, 0.25) is 0 Å². The van der Waals surface area contributed by atoms with Crippen molar-refractivity contribution in [3.63, 3.8) is 0 Å². The maximum atomic E-state index is 9.49. The topological polar surface area (TPSA) is 52.1 Å². The van der Waals surface area contributed by atoms with Gasteiger partial charge in [0.05, 0.1) is 13.2 Å². The Morgan fingerprint density at radius 1 is 1.23 bits per heavy atom. The van der Waals surface area contributed by atoms with E-state index in [1.54, 1.807) is 0 Å². The highest BCUT2D eigenvalue weighted by atomic mass is 32.1. The quantitative estimate of drug-likeness (QED) is 0.811. The van der Waals surface area contributed by atoms with Gasteiger partial charge < -0.3 is 14.7 Å². The van der Waals surface area contributed by atoms with Crippen LogP contribution in [0.1, 0.15) is 32.1 Å². The van der Waals surface area contributed by atoms with Crippen molar-refractivity contribution in [1.29, 1.82) is 0 Å². The number of hydrogen-bond acceptors (Lipinski definition) is 7. The minimum Gasteiger partial charge on any atom is -0.396 e. The number of piperazine rings is 1. The van der Waals surface area contributed by atoms with Crippen molar-refractivity contribution >= 4 is 16.5 Å². The lowest BCUT2D eigenvalue weighted by Gasteiger charge is -2.43. The monoisotopic (exact) mass is 382 g/mol. The predicted octanol–water partition coefficient (Wildman–Crippen LogP) is 1.89. The van der Waals surface area contributed by atoms with Gasteiger partial charge in [0.1, 0.15) is 0 Å². The Labute approximate surface area is 161 Å². The van der Waals surface area contributed by atoms with E-state index in [2.05, 4.69) is 40.5 Å². The lowest BCUT2D eigenvalue weighted by atomic mass is 9.94. The van der Waals surface area contributed by atoms with Crippen LogP contribution in [-0.4, -0.2) is 85.0 Å². The fourth-order valence-electron chi connectivity index (χ4n) is 3.83. The number of aromatic nitrogens is 1. The number of thiazole rings is 1. The summed E-state index contributed by atoms with van der Waals surface area (Å²) < 4.78 is 5.43. The minimum absolute atomic E-state index is 0.265. The molecule has 2 aliphatic heterocycles. The molecule has 0 radical (unpaired) electrons. The van der Waals surface area contributed by atoms with Gasteiger partial charge in [0.15, 0.2) is 5.13 Å². The Bertz CT molecular complexity index is 554. The Morgan fingerprint density at radius 3 is 2.69 bits per heavy atom. The molecule has 0 amide bonds. The molecule has 148 valence electrons. The lowest BCUT2D eigenvalue weighted by Crippen LogP contribution is -2.54. The molecule has 1 aromatic rings. The SMILES string of the molecule is CC(C)(C)CN1CCN(Cc2cnc(N3CCOCC3)s2)CC1CCO. The highest BCUT2D eigenvalue weighted by molar-refractivity contribution is 7.15. The van der Waals surface area contributed by atoms with Crippen LogP contribution in [0.15, 0.2) is 6.20 Å². The van der Waals surface area contributed by atoms with Crippen molar-refractivity contribution in [3.05, 3.63) is 11.1 Å². The van der Waals surface area contributed by atoms with Gasteiger partial charge in [0, 0.05) is 69.5 Å². The third kappa shape index (κ3) is 5.63. The fourth-order valence-corrected chi connectivity index (χ4v) is 4.84. The van der Waals surface area contributed by atoms with E-state index in [4.69, 9.17) is 4.74 Å². The zero-order chi connectivity index (χ0) is 18.6. The molecule has 1 N–H and O–H groups in total. The van der Waals surface area contributed by atoms with Gasteiger partial charge in [-0.3, -0.25) is 9.80 Å². The van der Waals surface area contributed by atoms with E-state index < -0.39 is 0 Å². The zero-order valence-electron chi connectivity index (χ0n) is 16.5. The Kier molecular flexibility index (Phi) is 6.91. The Hall–Kier alpha value is -0.730. The number of ether oxygens (including phenoxy) is 1. The molecule has 6 nitrogen and oxygen atoms in total. The second kappa shape index (κ2) is 8.97. The molecule has 1 unspecified atom stereocenters. The van der Waals surface area contributed by atoms with Gasteiger partial charge in [0.25, 0.3) is 0 Å². The molecule has 2 saturated heterocycles. The number of morpholine rings is 1. The first-order valence-electron chi connectivity index (χ1n) is 9.79. The van der Waals surface area contributed by atoms with Crippen LogP contribution >= 0.6 is 11.3 Å². The summed E-state index contributed by atoms with van der Waals surface area (Å²) in [5, 5.41) is 10.6. The van der Waals surface area contributed by atoms with Crippen LogP contribution < -0.4 is 4.90 Å². The normalized spacial score (nSPS) is 23.5. The van der Waals surface area contributed by atoms with Crippen LogP contribution in [0.2, 0.25) is 0 Å². The van der Waals surface area contributed by atoms with Gasteiger partial charge in [-0.15, -0.1) is 11.3 Å². The molecule has 0 aliphatic carbocycles. The summed E-state index contributed by atoms with van der Waals surface area (Å²) in [6.07, 6.45) is 2.90. The van der Waals surface area contributed by atoms with E-state index in [-0.39, 0.29) is 6.61 Å². The van der Waals surface area contributed by atoms with Gasteiger partial charge in [-0.2, -0.15) is 0 Å². The third-order valence-corrected chi connectivity index (χ3v) is 6.07. The summed E-state index contributed by atoms with van der Waals surface area (Å²) in [5.41, 5.74) is 0.292. The van der Waals surface area contributed by atoms with E-state index >= 15 is 0 Å². The van der Waals surface area contributed by atoms with Crippen molar-refractivity contribution in [2.24, 2.45) is 5.41 Å². The smallest absolute Gasteiger partial charge is 0.185 e. The van der Waals surface area contributed by atoms with Crippen molar-refractivity contribution in [2.45, 2.75) is 39.8 Å². The number of rotatable bonds is 6. The molecule has 0 spiro atoms. The molecule has 3 heterocycles. The van der Waals surface area contributed by atoms with Crippen molar-refractivity contribution in [1.82, 2.24) is 14.8 Å². The van der Waals surface area contributed by atoms with Crippen LogP contribution in [0.5, 0.6) is 0 Å². The summed E-state index contributed by atoms with van der Waals surface area (Å²) in [6, 6.07) is 0.444. The molecule has 1 aromatic heterocycles. The standard InChI is InChI=1S/C19H34N4O2S/c1-19(2,3)15-23-6-5-21(13-16(23)4-9-24)14-17-12-20-18(26-17)22-7-10-25-11-8-22/h12,16,24H,4-11,13-15H2,1-3H3. The van der Waals surface area contributed by atoms with Crippen molar-refractivity contribution in [3.8, 4) is 0 Å². The van der Waals surface area contributed by atoms with Gasteiger partial charge in [-0.25, -0.2) is 4.98 Å². The van der Waals surface area contributed by atoms with E-state index in [0.717, 1.165) is 70.6 Å². The molecular formula is C19H34N4O2S.